The van der Waals surface area contributed by atoms with E-state index in [-0.39, 0.29) is 18.2 Å². The van der Waals surface area contributed by atoms with Crippen LogP contribution in [0.2, 0.25) is 0 Å². The summed E-state index contributed by atoms with van der Waals surface area (Å²) in [4.78, 5) is 29.5. The molecule has 11 nitrogen and oxygen atoms in total. The number of nitrogens with one attached hydrogen (secondary N) is 2. The van der Waals surface area contributed by atoms with Crippen molar-refractivity contribution in [3.05, 3.63) is 23.9 Å². The van der Waals surface area contributed by atoms with Crippen molar-refractivity contribution in [3.63, 3.8) is 0 Å². The van der Waals surface area contributed by atoms with Crippen LogP contribution in [0, 0.1) is 17.3 Å². The number of rotatable bonds is 4. The van der Waals surface area contributed by atoms with E-state index in [2.05, 4.69) is 42.4 Å². The number of fused-ring (bicyclic) bond motifs is 1. The maximum absolute atomic E-state index is 12.4. The molecule has 2 heterocycles. The molecule has 1 aliphatic carbocycles. The van der Waals surface area contributed by atoms with Crippen molar-refractivity contribution in [2.45, 2.75) is 31.6 Å². The van der Waals surface area contributed by atoms with Crippen molar-refractivity contribution in [1.29, 1.82) is 0 Å². The van der Waals surface area contributed by atoms with Gasteiger partial charge < -0.3 is 31.1 Å². The molecule has 0 saturated heterocycles. The van der Waals surface area contributed by atoms with Crippen LogP contribution in [0.25, 0.3) is 11.2 Å². The number of amides is 1. The minimum absolute atomic E-state index is 0.202. The molecule has 1 saturated carbocycles. The van der Waals surface area contributed by atoms with Gasteiger partial charge in [-0.2, -0.15) is 0 Å². The van der Waals surface area contributed by atoms with E-state index in [4.69, 9.17) is 5.73 Å². The number of carbonyl (C=O) groups is 1. The minimum Gasteiger partial charge on any atom is -0.404 e. The molecule has 0 radical (unpaired) electrons. The highest BCUT2D eigenvalue weighted by Gasteiger charge is 2.54. The zero-order chi connectivity index (χ0) is 22.8. The highest BCUT2D eigenvalue weighted by molar-refractivity contribution is 5.86. The Morgan fingerprint density at radius 2 is 2.16 bits per heavy atom. The normalized spacial score (nSPS) is 26.1. The molecule has 3 rings (SSSR count). The minimum atomic E-state index is -1.25. The van der Waals surface area contributed by atoms with Crippen molar-refractivity contribution in [2.24, 2.45) is 16.1 Å². The molecule has 0 bridgehead atoms. The van der Waals surface area contributed by atoms with Crippen molar-refractivity contribution < 1.29 is 15.0 Å². The largest absolute Gasteiger partial charge is 0.404 e. The summed E-state index contributed by atoms with van der Waals surface area (Å²) in [7, 11) is 4.81. The molecule has 6 N–H and O–H groups in total. The predicted octanol–water partition coefficient (Wildman–Crippen LogP) is -0.818. The summed E-state index contributed by atoms with van der Waals surface area (Å²) in [5, 5.41) is 26.9. The van der Waals surface area contributed by atoms with E-state index in [1.807, 2.05) is 0 Å². The molecule has 0 aliphatic heterocycles. The third-order valence-corrected chi connectivity index (χ3v) is 5.53. The van der Waals surface area contributed by atoms with Gasteiger partial charge in [-0.15, -0.1) is 0 Å². The molecule has 2 aromatic rings. The highest BCUT2D eigenvalue weighted by atomic mass is 16.3. The predicted molar refractivity (Wildman–Crippen MR) is 116 cm³/mol. The molecule has 1 unspecified atom stereocenters. The number of aliphatic hydroxyl groups is 2. The number of imidazole rings is 1. The second-order valence-corrected chi connectivity index (χ2v) is 7.43. The molecule has 1 amide bonds. The van der Waals surface area contributed by atoms with Gasteiger partial charge in [-0.3, -0.25) is 9.79 Å². The van der Waals surface area contributed by atoms with Gasteiger partial charge in [-0.05, 0) is 19.3 Å². The maximum Gasteiger partial charge on any atom is 0.228 e. The fourth-order valence-electron chi connectivity index (χ4n) is 3.81. The summed E-state index contributed by atoms with van der Waals surface area (Å²) in [6.45, 7) is 1.62. The molecule has 0 spiro atoms. The number of nitrogens with zero attached hydrogens (tertiary/aromatic N) is 5. The van der Waals surface area contributed by atoms with E-state index in [0.717, 1.165) is 0 Å². The topological polar surface area (TPSA) is 164 Å². The summed E-state index contributed by atoms with van der Waals surface area (Å²) in [5.41, 5.74) is 5.79. The standard InChI is InChI=1S/C20H26N8O3/c1-20(19(31)24-4)7-12(15(29)16(20)30)28-10-25-14-17(23-3)26-13(27-18(14)28)6-5-11(8-21)9-22-2/h8-10,12,15-16,29-30H,7,21H2,1-4H3,(H,24,31)(H,23,26,27)/b11-8-,22-9?/t12-,15+,16+,20?/m1/s1. The van der Waals surface area contributed by atoms with Crippen LogP contribution in [0.3, 0.4) is 0 Å². The Hall–Kier alpha value is -3.49. The van der Waals surface area contributed by atoms with Crippen molar-refractivity contribution in [3.8, 4) is 11.8 Å². The van der Waals surface area contributed by atoms with Crippen LogP contribution < -0.4 is 16.4 Å². The molecule has 1 fully saturated rings. The first kappa shape index (κ1) is 22.2. The van der Waals surface area contributed by atoms with E-state index in [1.54, 1.807) is 25.6 Å². The van der Waals surface area contributed by atoms with Gasteiger partial charge in [0.1, 0.15) is 6.10 Å². The summed E-state index contributed by atoms with van der Waals surface area (Å²) >= 11 is 0. The van der Waals surface area contributed by atoms with Gasteiger partial charge in [-0.1, -0.05) is 5.92 Å². The Morgan fingerprint density at radius 3 is 2.77 bits per heavy atom. The molecule has 0 aromatic carbocycles. The lowest BCUT2D eigenvalue weighted by molar-refractivity contribution is -0.136. The molecule has 2 aromatic heterocycles. The SMILES string of the molecule is CN=C/C(C#Cc1nc(NC)c2ncn([C@@H]3CC(C)(C(=O)NC)[C@@H](O)[C@H]3O)c2n1)=C\N. The third-order valence-electron chi connectivity index (χ3n) is 5.53. The van der Waals surface area contributed by atoms with Gasteiger partial charge in [0.05, 0.1) is 29.5 Å². The number of hydrogen-bond acceptors (Lipinski definition) is 9. The number of anilines is 1. The number of nitrogens with two attached hydrogens (primary N) is 1. The molecule has 1 aliphatic rings. The molecule has 4 atom stereocenters. The van der Waals surface area contributed by atoms with Crippen LogP contribution in [-0.2, 0) is 4.79 Å². The van der Waals surface area contributed by atoms with Gasteiger partial charge >= 0.3 is 0 Å². The van der Waals surface area contributed by atoms with Gasteiger partial charge in [0.25, 0.3) is 0 Å². The molecule has 11 heteroatoms. The summed E-state index contributed by atoms with van der Waals surface area (Å²) in [6, 6.07) is -0.616. The Kier molecular flexibility index (Phi) is 6.24. The summed E-state index contributed by atoms with van der Waals surface area (Å²) in [6.07, 6.45) is 2.14. The monoisotopic (exact) mass is 426 g/mol. The zero-order valence-electron chi connectivity index (χ0n) is 17.8. The van der Waals surface area contributed by atoms with E-state index in [0.29, 0.717) is 22.6 Å². The Labute approximate surface area is 179 Å². The average Bonchev–Trinajstić information content (AvgIpc) is 3.30. The fourth-order valence-corrected chi connectivity index (χ4v) is 3.81. The molecule has 164 valence electrons. The van der Waals surface area contributed by atoms with E-state index < -0.39 is 23.7 Å². The van der Waals surface area contributed by atoms with Crippen LogP contribution in [0.15, 0.2) is 23.1 Å². The number of carbonyl (C=O) groups excluding carboxylic acids is 1. The highest BCUT2D eigenvalue weighted by Crippen LogP contribution is 2.45. The Balaban J connectivity index is 2.09. The third kappa shape index (κ3) is 3.83. The zero-order valence-corrected chi connectivity index (χ0v) is 17.8. The van der Waals surface area contributed by atoms with Crippen molar-refractivity contribution in [2.75, 3.05) is 26.5 Å². The van der Waals surface area contributed by atoms with Crippen LogP contribution in [0.5, 0.6) is 0 Å². The first-order valence-corrected chi connectivity index (χ1v) is 9.67. The number of aromatic nitrogens is 4. The average molecular weight is 426 g/mol. The molecule has 31 heavy (non-hydrogen) atoms. The lowest BCUT2D eigenvalue weighted by atomic mass is 9.85. The van der Waals surface area contributed by atoms with Crippen LogP contribution >= 0.6 is 0 Å². The molecular formula is C20H26N8O3. The number of aliphatic imine (C=N–C) groups is 1. The quantitative estimate of drug-likeness (QED) is 0.313. The Bertz CT molecular complexity index is 1110. The van der Waals surface area contributed by atoms with Crippen molar-refractivity contribution >= 4 is 29.1 Å². The van der Waals surface area contributed by atoms with Crippen molar-refractivity contribution in [1.82, 2.24) is 24.8 Å². The van der Waals surface area contributed by atoms with Gasteiger partial charge in [0, 0.05) is 33.6 Å². The van der Waals surface area contributed by atoms with E-state index in [1.165, 1.54) is 25.8 Å². The van der Waals surface area contributed by atoms with Gasteiger partial charge in [0.2, 0.25) is 11.7 Å². The second kappa shape index (κ2) is 8.71. The number of aliphatic hydroxyl groups excluding tert-OH is 2. The number of hydrogen-bond donors (Lipinski definition) is 5. The lowest BCUT2D eigenvalue weighted by Crippen LogP contribution is -2.45. The smallest absolute Gasteiger partial charge is 0.228 e. The fraction of sp³-hybridized carbons (Fsp3) is 0.450. The van der Waals surface area contributed by atoms with Crippen LogP contribution in [0.1, 0.15) is 25.2 Å². The Morgan fingerprint density at radius 1 is 1.42 bits per heavy atom. The van der Waals surface area contributed by atoms with Crippen LogP contribution in [-0.4, -0.2) is 75.2 Å². The number of allylic oxidation sites excluding steroid dienone is 1. The first-order valence-electron chi connectivity index (χ1n) is 9.67. The maximum atomic E-state index is 12.4. The lowest BCUT2D eigenvalue weighted by Gasteiger charge is -2.26. The van der Waals surface area contributed by atoms with Gasteiger partial charge in [-0.25, -0.2) is 15.0 Å². The summed E-state index contributed by atoms with van der Waals surface area (Å²) in [5.74, 6) is 6.02. The van der Waals surface area contributed by atoms with E-state index in [9.17, 15) is 15.0 Å². The second-order valence-electron chi connectivity index (χ2n) is 7.43. The van der Waals surface area contributed by atoms with Gasteiger partial charge in [0.15, 0.2) is 17.0 Å². The van der Waals surface area contributed by atoms with Crippen LogP contribution in [0.4, 0.5) is 5.82 Å². The molecular weight excluding hydrogens is 400 g/mol. The van der Waals surface area contributed by atoms with E-state index >= 15 is 0 Å². The first-order chi connectivity index (χ1) is 14.8. The summed E-state index contributed by atoms with van der Waals surface area (Å²) < 4.78 is 1.65.